The lowest BCUT2D eigenvalue weighted by atomic mass is 10.4. The predicted octanol–water partition coefficient (Wildman–Crippen LogP) is 1.30. The van der Waals surface area contributed by atoms with Gasteiger partial charge in [-0.15, -0.1) is 11.6 Å². The van der Waals surface area contributed by atoms with Gasteiger partial charge >= 0.3 is 0 Å². The molecule has 1 aliphatic heterocycles. The molecule has 0 bridgehead atoms. The van der Waals surface area contributed by atoms with Gasteiger partial charge in [-0.25, -0.2) is 4.98 Å². The fourth-order valence-corrected chi connectivity index (χ4v) is 1.76. The molecule has 1 fully saturated rings. The van der Waals surface area contributed by atoms with E-state index in [2.05, 4.69) is 14.9 Å². The van der Waals surface area contributed by atoms with Gasteiger partial charge < -0.3 is 9.64 Å². The largest absolute Gasteiger partial charge is 0.481 e. The van der Waals surface area contributed by atoms with Gasteiger partial charge in [0.05, 0.1) is 12.5 Å². The zero-order valence-corrected chi connectivity index (χ0v) is 8.74. The van der Waals surface area contributed by atoms with E-state index in [1.165, 1.54) is 0 Å². The average Bonchev–Trinajstić information content (AvgIpc) is 2.65. The number of ether oxygens (including phenoxy) is 1. The minimum absolute atomic E-state index is 0.213. The zero-order valence-electron chi connectivity index (χ0n) is 7.98. The van der Waals surface area contributed by atoms with Gasteiger partial charge in [-0.05, 0) is 6.42 Å². The van der Waals surface area contributed by atoms with Crippen LogP contribution in [0, 0.1) is 0 Å². The molecule has 1 saturated heterocycles. The number of rotatable bonds is 2. The van der Waals surface area contributed by atoms with Crippen molar-refractivity contribution in [3.05, 3.63) is 12.3 Å². The van der Waals surface area contributed by atoms with Gasteiger partial charge in [-0.2, -0.15) is 4.98 Å². The summed E-state index contributed by atoms with van der Waals surface area (Å²) < 4.78 is 5.03. The molecule has 0 saturated carbocycles. The summed E-state index contributed by atoms with van der Waals surface area (Å²) in [7, 11) is 1.60. The average molecular weight is 214 g/mol. The Balaban J connectivity index is 2.15. The number of alkyl halides is 1. The molecule has 0 aliphatic carbocycles. The van der Waals surface area contributed by atoms with E-state index in [1.54, 1.807) is 19.4 Å². The van der Waals surface area contributed by atoms with Crippen molar-refractivity contribution in [3.63, 3.8) is 0 Å². The lowest BCUT2D eigenvalue weighted by Gasteiger charge is -2.14. The number of anilines is 1. The lowest BCUT2D eigenvalue weighted by molar-refractivity contribution is 0.397. The molecule has 14 heavy (non-hydrogen) atoms. The summed E-state index contributed by atoms with van der Waals surface area (Å²) in [5.74, 6) is 1.29. The Bertz CT molecular complexity index is 321. The van der Waals surface area contributed by atoms with Gasteiger partial charge in [0.25, 0.3) is 0 Å². The summed E-state index contributed by atoms with van der Waals surface area (Å²) in [4.78, 5) is 10.5. The minimum Gasteiger partial charge on any atom is -0.481 e. The molecular weight excluding hydrogens is 202 g/mol. The number of hydrogen-bond donors (Lipinski definition) is 0. The molecule has 0 spiro atoms. The molecule has 0 radical (unpaired) electrons. The third kappa shape index (κ3) is 1.90. The van der Waals surface area contributed by atoms with Gasteiger partial charge in [0.15, 0.2) is 0 Å². The summed E-state index contributed by atoms with van der Waals surface area (Å²) in [5, 5.41) is 0.213. The maximum Gasteiger partial charge on any atom is 0.228 e. The first-order valence-electron chi connectivity index (χ1n) is 4.55. The summed E-state index contributed by atoms with van der Waals surface area (Å²) in [5.41, 5.74) is 0. The van der Waals surface area contributed by atoms with Crippen LogP contribution in [-0.2, 0) is 0 Å². The fraction of sp³-hybridized carbons (Fsp3) is 0.556. The van der Waals surface area contributed by atoms with E-state index >= 15 is 0 Å². The van der Waals surface area contributed by atoms with Gasteiger partial charge in [0.2, 0.25) is 11.8 Å². The maximum atomic E-state index is 6.00. The van der Waals surface area contributed by atoms with Crippen molar-refractivity contribution in [1.29, 1.82) is 0 Å². The van der Waals surface area contributed by atoms with E-state index < -0.39 is 0 Å². The molecule has 2 heterocycles. The normalized spacial score (nSPS) is 21.3. The monoisotopic (exact) mass is 213 g/mol. The van der Waals surface area contributed by atoms with Crippen molar-refractivity contribution in [1.82, 2.24) is 9.97 Å². The second-order valence-electron chi connectivity index (χ2n) is 3.23. The zero-order chi connectivity index (χ0) is 9.97. The molecule has 0 N–H and O–H groups in total. The number of methoxy groups -OCH3 is 1. The first-order valence-corrected chi connectivity index (χ1v) is 4.99. The summed E-state index contributed by atoms with van der Waals surface area (Å²) in [6, 6.07) is 1.73. The topological polar surface area (TPSA) is 38.2 Å². The van der Waals surface area contributed by atoms with E-state index in [0.717, 1.165) is 19.5 Å². The number of halogens is 1. The van der Waals surface area contributed by atoms with E-state index in [0.29, 0.717) is 11.8 Å². The van der Waals surface area contributed by atoms with Crippen LogP contribution in [0.15, 0.2) is 12.3 Å². The fourth-order valence-electron chi connectivity index (χ4n) is 1.50. The van der Waals surface area contributed by atoms with Gasteiger partial charge in [0.1, 0.15) is 0 Å². The van der Waals surface area contributed by atoms with Crippen molar-refractivity contribution in [2.45, 2.75) is 11.8 Å². The molecule has 5 heteroatoms. The molecule has 1 aliphatic rings. The van der Waals surface area contributed by atoms with Crippen LogP contribution < -0.4 is 9.64 Å². The van der Waals surface area contributed by atoms with Crippen LogP contribution in [0.1, 0.15) is 6.42 Å². The highest BCUT2D eigenvalue weighted by Crippen LogP contribution is 2.20. The van der Waals surface area contributed by atoms with Crippen LogP contribution in [-0.4, -0.2) is 35.5 Å². The quantitative estimate of drug-likeness (QED) is 0.695. The van der Waals surface area contributed by atoms with Crippen LogP contribution in [0.5, 0.6) is 5.88 Å². The Hall–Kier alpha value is -1.03. The van der Waals surface area contributed by atoms with Crippen LogP contribution >= 0.6 is 11.6 Å². The third-order valence-corrected chi connectivity index (χ3v) is 2.60. The molecule has 0 amide bonds. The maximum absolute atomic E-state index is 6.00. The Labute approximate surface area is 87.9 Å². The highest BCUT2D eigenvalue weighted by atomic mass is 35.5. The summed E-state index contributed by atoms with van der Waals surface area (Å²) in [6.45, 7) is 1.73. The standard InChI is InChI=1S/C9H12ClN3O/c1-14-8-2-4-11-9(12-8)13-5-3-7(10)6-13/h2,4,7H,3,5-6H2,1H3. The second kappa shape index (κ2) is 4.00. The SMILES string of the molecule is COc1ccnc(N2CCC(Cl)C2)n1. The minimum atomic E-state index is 0.213. The summed E-state index contributed by atoms with van der Waals surface area (Å²) in [6.07, 6.45) is 2.69. The van der Waals surface area contributed by atoms with Crippen LogP contribution in [0.4, 0.5) is 5.95 Å². The molecule has 0 aromatic carbocycles. The van der Waals surface area contributed by atoms with Crippen LogP contribution in [0.2, 0.25) is 0 Å². The first-order chi connectivity index (χ1) is 6.79. The number of nitrogens with zero attached hydrogens (tertiary/aromatic N) is 3. The van der Waals surface area contributed by atoms with Crippen LogP contribution in [0.3, 0.4) is 0 Å². The smallest absolute Gasteiger partial charge is 0.228 e. The van der Waals surface area contributed by atoms with Gasteiger partial charge in [-0.1, -0.05) is 0 Å². The van der Waals surface area contributed by atoms with Crippen molar-refractivity contribution in [2.75, 3.05) is 25.1 Å². The molecule has 4 nitrogen and oxygen atoms in total. The second-order valence-corrected chi connectivity index (χ2v) is 3.85. The predicted molar refractivity (Wildman–Crippen MR) is 55.1 cm³/mol. The lowest BCUT2D eigenvalue weighted by Crippen LogP contribution is -2.22. The number of hydrogen-bond acceptors (Lipinski definition) is 4. The highest BCUT2D eigenvalue weighted by Gasteiger charge is 2.22. The van der Waals surface area contributed by atoms with Gasteiger partial charge in [-0.3, -0.25) is 0 Å². The van der Waals surface area contributed by atoms with Crippen molar-refractivity contribution in [2.24, 2.45) is 0 Å². The Kier molecular flexibility index (Phi) is 2.72. The third-order valence-electron chi connectivity index (χ3n) is 2.24. The van der Waals surface area contributed by atoms with E-state index in [9.17, 15) is 0 Å². The van der Waals surface area contributed by atoms with Crippen LogP contribution in [0.25, 0.3) is 0 Å². The molecule has 1 unspecified atom stereocenters. The molecule has 1 aromatic rings. The molecule has 1 atom stereocenters. The highest BCUT2D eigenvalue weighted by molar-refractivity contribution is 6.21. The van der Waals surface area contributed by atoms with E-state index in [4.69, 9.17) is 16.3 Å². The molecule has 1 aromatic heterocycles. The Morgan fingerprint density at radius 2 is 2.50 bits per heavy atom. The van der Waals surface area contributed by atoms with E-state index in [-0.39, 0.29) is 5.38 Å². The first kappa shape index (κ1) is 9.52. The van der Waals surface area contributed by atoms with Crippen molar-refractivity contribution < 1.29 is 4.74 Å². The molecule has 2 rings (SSSR count). The number of aromatic nitrogens is 2. The summed E-state index contributed by atoms with van der Waals surface area (Å²) >= 11 is 6.00. The van der Waals surface area contributed by atoms with Crippen molar-refractivity contribution in [3.8, 4) is 5.88 Å². The van der Waals surface area contributed by atoms with E-state index in [1.807, 2.05) is 0 Å². The van der Waals surface area contributed by atoms with Gasteiger partial charge in [0, 0.05) is 25.4 Å². The Morgan fingerprint density at radius 3 is 3.14 bits per heavy atom. The van der Waals surface area contributed by atoms with Crippen molar-refractivity contribution >= 4 is 17.5 Å². The molecular formula is C9H12ClN3O. The molecule has 76 valence electrons. The Morgan fingerprint density at radius 1 is 1.64 bits per heavy atom.